The average Bonchev–Trinajstić information content (AvgIpc) is 2.94. The largest absolute Gasteiger partial charge is 0.497 e. The molecule has 0 spiro atoms. The third-order valence-corrected chi connectivity index (χ3v) is 3.92. The summed E-state index contributed by atoms with van der Waals surface area (Å²) in [6, 6.07) is 4.13. The van der Waals surface area contributed by atoms with Crippen molar-refractivity contribution in [1.82, 2.24) is 4.90 Å². The Kier molecular flexibility index (Phi) is 3.37. The summed E-state index contributed by atoms with van der Waals surface area (Å²) in [7, 11) is 1.70. The van der Waals surface area contributed by atoms with E-state index in [2.05, 4.69) is 24.0 Å². The zero-order valence-corrected chi connectivity index (χ0v) is 11.6. The molecule has 1 aromatic carbocycles. The number of ether oxygens (including phenoxy) is 2. The third kappa shape index (κ3) is 2.55. The molecule has 2 aliphatic heterocycles. The molecule has 1 unspecified atom stereocenters. The quantitative estimate of drug-likeness (QED) is 0.899. The number of methoxy groups -OCH3 is 1. The van der Waals surface area contributed by atoms with Crippen LogP contribution in [0.25, 0.3) is 0 Å². The molecule has 4 heteroatoms. The van der Waals surface area contributed by atoms with Crippen LogP contribution in [0.5, 0.6) is 11.5 Å². The van der Waals surface area contributed by atoms with Crippen LogP contribution < -0.4 is 9.47 Å². The minimum absolute atomic E-state index is 0.182. The molecule has 0 aliphatic carbocycles. The summed E-state index contributed by atoms with van der Waals surface area (Å²) >= 11 is 0. The Morgan fingerprint density at radius 2 is 2.32 bits per heavy atom. The lowest BCUT2D eigenvalue weighted by atomic mass is 10.1. The summed E-state index contributed by atoms with van der Waals surface area (Å²) in [5, 5.41) is 9.62. The van der Waals surface area contributed by atoms with Crippen molar-refractivity contribution in [1.29, 1.82) is 0 Å². The van der Waals surface area contributed by atoms with Gasteiger partial charge in [0.15, 0.2) is 0 Å². The highest BCUT2D eigenvalue weighted by atomic mass is 16.5. The number of aliphatic hydroxyl groups excluding tert-OH is 1. The number of nitrogens with zero attached hydrogens (tertiary/aromatic N) is 1. The molecule has 1 aromatic rings. The summed E-state index contributed by atoms with van der Waals surface area (Å²) < 4.78 is 11.3. The van der Waals surface area contributed by atoms with Crippen LogP contribution in [0.2, 0.25) is 0 Å². The van der Waals surface area contributed by atoms with E-state index in [0.29, 0.717) is 0 Å². The molecule has 1 fully saturated rings. The first-order valence-electron chi connectivity index (χ1n) is 6.92. The summed E-state index contributed by atoms with van der Waals surface area (Å²) in [5.74, 6) is 1.92. The zero-order chi connectivity index (χ0) is 13.4. The van der Waals surface area contributed by atoms with E-state index in [1.165, 1.54) is 11.1 Å². The Balaban J connectivity index is 1.85. The SMILES string of the molecule is COc1cc2c(c(CN3CC[C@@H](O)C3)c1)OC(C)C2. The third-order valence-electron chi connectivity index (χ3n) is 3.92. The highest BCUT2D eigenvalue weighted by molar-refractivity contribution is 5.49. The van der Waals surface area contributed by atoms with Crippen molar-refractivity contribution in [3.63, 3.8) is 0 Å². The number of hydrogen-bond donors (Lipinski definition) is 1. The average molecular weight is 263 g/mol. The molecule has 0 bridgehead atoms. The van der Waals surface area contributed by atoms with Gasteiger partial charge >= 0.3 is 0 Å². The first kappa shape index (κ1) is 12.8. The van der Waals surface area contributed by atoms with Gasteiger partial charge < -0.3 is 14.6 Å². The molecule has 2 heterocycles. The van der Waals surface area contributed by atoms with Crippen molar-refractivity contribution in [2.45, 2.75) is 38.5 Å². The monoisotopic (exact) mass is 263 g/mol. The minimum Gasteiger partial charge on any atom is -0.497 e. The second-order valence-electron chi connectivity index (χ2n) is 5.58. The number of hydrogen-bond acceptors (Lipinski definition) is 4. The Morgan fingerprint density at radius 3 is 3.00 bits per heavy atom. The molecule has 1 N–H and O–H groups in total. The van der Waals surface area contributed by atoms with Crippen LogP contribution in [0.1, 0.15) is 24.5 Å². The van der Waals surface area contributed by atoms with Gasteiger partial charge in [-0.15, -0.1) is 0 Å². The first-order chi connectivity index (χ1) is 9.15. The first-order valence-corrected chi connectivity index (χ1v) is 6.92. The fraction of sp³-hybridized carbons (Fsp3) is 0.600. The number of aliphatic hydroxyl groups is 1. The number of fused-ring (bicyclic) bond motifs is 1. The summed E-state index contributed by atoms with van der Waals surface area (Å²) in [6.07, 6.45) is 1.87. The van der Waals surface area contributed by atoms with Gasteiger partial charge in [-0.3, -0.25) is 4.90 Å². The molecule has 2 aliphatic rings. The molecule has 1 saturated heterocycles. The maximum absolute atomic E-state index is 9.62. The number of benzene rings is 1. The smallest absolute Gasteiger partial charge is 0.127 e. The molecule has 0 amide bonds. The molecule has 0 aromatic heterocycles. The van der Waals surface area contributed by atoms with Gasteiger partial charge in [-0.2, -0.15) is 0 Å². The van der Waals surface area contributed by atoms with Crippen LogP contribution in [-0.2, 0) is 13.0 Å². The van der Waals surface area contributed by atoms with Crippen molar-refractivity contribution in [3.8, 4) is 11.5 Å². The molecular formula is C15H21NO3. The van der Waals surface area contributed by atoms with Gasteiger partial charge in [0.1, 0.15) is 17.6 Å². The van der Waals surface area contributed by atoms with Gasteiger partial charge in [-0.25, -0.2) is 0 Å². The van der Waals surface area contributed by atoms with Crippen LogP contribution in [0, 0.1) is 0 Å². The van der Waals surface area contributed by atoms with Crippen LogP contribution in [0.3, 0.4) is 0 Å². The molecule has 2 atom stereocenters. The van der Waals surface area contributed by atoms with E-state index in [-0.39, 0.29) is 12.2 Å². The zero-order valence-electron chi connectivity index (χ0n) is 11.6. The second-order valence-corrected chi connectivity index (χ2v) is 5.58. The van der Waals surface area contributed by atoms with Crippen molar-refractivity contribution in [2.24, 2.45) is 0 Å². The predicted octanol–water partition coefficient (Wildman–Crippen LogP) is 1.59. The van der Waals surface area contributed by atoms with Crippen molar-refractivity contribution >= 4 is 0 Å². The summed E-state index contributed by atoms with van der Waals surface area (Å²) in [5.41, 5.74) is 2.41. The molecule has 104 valence electrons. The van der Waals surface area contributed by atoms with Gasteiger partial charge in [0.2, 0.25) is 0 Å². The molecule has 0 radical (unpaired) electrons. The van der Waals surface area contributed by atoms with E-state index in [4.69, 9.17) is 9.47 Å². The number of rotatable bonds is 3. The van der Waals surface area contributed by atoms with E-state index in [1.54, 1.807) is 7.11 Å². The van der Waals surface area contributed by atoms with E-state index >= 15 is 0 Å². The van der Waals surface area contributed by atoms with Gasteiger partial charge in [-0.1, -0.05) is 0 Å². The minimum atomic E-state index is -0.182. The van der Waals surface area contributed by atoms with Gasteiger partial charge in [0.25, 0.3) is 0 Å². The highest BCUT2D eigenvalue weighted by Crippen LogP contribution is 2.37. The second kappa shape index (κ2) is 5.02. The van der Waals surface area contributed by atoms with Crippen LogP contribution in [0.4, 0.5) is 0 Å². The molecule has 3 rings (SSSR count). The van der Waals surface area contributed by atoms with Crippen LogP contribution >= 0.6 is 0 Å². The summed E-state index contributed by atoms with van der Waals surface area (Å²) in [4.78, 5) is 2.27. The Morgan fingerprint density at radius 1 is 1.47 bits per heavy atom. The van der Waals surface area contributed by atoms with Gasteiger partial charge in [0, 0.05) is 37.2 Å². The van der Waals surface area contributed by atoms with Crippen LogP contribution in [0.15, 0.2) is 12.1 Å². The fourth-order valence-electron chi connectivity index (χ4n) is 3.01. The lowest BCUT2D eigenvalue weighted by Crippen LogP contribution is -2.22. The normalized spacial score (nSPS) is 26.3. The maximum Gasteiger partial charge on any atom is 0.127 e. The van der Waals surface area contributed by atoms with Crippen molar-refractivity contribution < 1.29 is 14.6 Å². The fourth-order valence-corrected chi connectivity index (χ4v) is 3.01. The molecule has 4 nitrogen and oxygen atoms in total. The van der Waals surface area contributed by atoms with Crippen LogP contribution in [-0.4, -0.2) is 42.4 Å². The Bertz CT molecular complexity index is 475. The number of likely N-dealkylation sites (tertiary alicyclic amines) is 1. The lowest BCUT2D eigenvalue weighted by Gasteiger charge is -2.18. The van der Waals surface area contributed by atoms with E-state index < -0.39 is 0 Å². The topological polar surface area (TPSA) is 41.9 Å². The van der Waals surface area contributed by atoms with E-state index in [1.807, 2.05) is 0 Å². The molecule has 19 heavy (non-hydrogen) atoms. The Hall–Kier alpha value is -1.26. The lowest BCUT2D eigenvalue weighted by molar-refractivity contribution is 0.174. The van der Waals surface area contributed by atoms with E-state index in [0.717, 1.165) is 44.0 Å². The van der Waals surface area contributed by atoms with Gasteiger partial charge in [0.05, 0.1) is 13.2 Å². The highest BCUT2D eigenvalue weighted by Gasteiger charge is 2.26. The van der Waals surface area contributed by atoms with Gasteiger partial charge in [-0.05, 0) is 25.5 Å². The van der Waals surface area contributed by atoms with Crippen molar-refractivity contribution in [2.75, 3.05) is 20.2 Å². The maximum atomic E-state index is 9.62. The molecular weight excluding hydrogens is 242 g/mol. The standard InChI is InChI=1S/C15H21NO3/c1-10-5-11-6-14(18-2)7-12(15(11)19-10)8-16-4-3-13(17)9-16/h6-7,10,13,17H,3-5,8-9H2,1-2H3/t10?,13-/m1/s1. The number of β-amino-alcohol motifs (C(OH)–C–C–N with tert-alkyl or cyclic N) is 1. The van der Waals surface area contributed by atoms with E-state index in [9.17, 15) is 5.11 Å². The molecule has 0 saturated carbocycles. The predicted molar refractivity (Wildman–Crippen MR) is 72.7 cm³/mol. The summed E-state index contributed by atoms with van der Waals surface area (Å²) in [6.45, 7) is 4.61. The van der Waals surface area contributed by atoms with Crippen molar-refractivity contribution in [3.05, 3.63) is 23.3 Å². The Labute approximate surface area is 113 Å².